The fourth-order valence-corrected chi connectivity index (χ4v) is 3.25. The van der Waals surface area contributed by atoms with Crippen molar-refractivity contribution in [2.75, 3.05) is 19.3 Å². The van der Waals surface area contributed by atoms with Crippen molar-refractivity contribution in [1.29, 1.82) is 0 Å². The number of halogens is 1. The normalized spacial score (nSPS) is 21.7. The van der Waals surface area contributed by atoms with Gasteiger partial charge in [-0.3, -0.25) is 4.79 Å². The van der Waals surface area contributed by atoms with Gasteiger partial charge < -0.3 is 5.32 Å². The first-order valence-corrected chi connectivity index (χ1v) is 8.04. The Hall–Kier alpha value is -0.920. The zero-order chi connectivity index (χ0) is 13.3. The third kappa shape index (κ3) is 2.73. The minimum atomic E-state index is -3.41. The van der Waals surface area contributed by atoms with Crippen LogP contribution in [-0.2, 0) is 14.8 Å². The predicted octanol–water partition coefficient (Wildman–Crippen LogP) is 0.882. The second-order valence-corrected chi connectivity index (χ2v) is 6.97. The SMILES string of the molecule is CS(=O)(=O)N1CCNC(=O)[C@H]1c1ccc(Br)cc1. The van der Waals surface area contributed by atoms with Crippen LogP contribution in [-0.4, -0.2) is 38.0 Å². The standard InChI is InChI=1S/C11H13BrN2O3S/c1-18(16,17)14-7-6-13-11(15)10(14)8-2-4-9(12)5-3-8/h2-5,10H,6-7H2,1H3,(H,13,15)/t10-/m1/s1. The van der Waals surface area contributed by atoms with E-state index in [0.717, 1.165) is 10.7 Å². The lowest BCUT2D eigenvalue weighted by Crippen LogP contribution is -2.51. The zero-order valence-electron chi connectivity index (χ0n) is 9.76. The van der Waals surface area contributed by atoms with E-state index < -0.39 is 16.1 Å². The third-order valence-corrected chi connectivity index (χ3v) is 4.55. The summed E-state index contributed by atoms with van der Waals surface area (Å²) in [4.78, 5) is 11.9. The molecular weight excluding hydrogens is 320 g/mol. The first-order chi connectivity index (χ1) is 8.39. The molecule has 1 aromatic rings. The average molecular weight is 333 g/mol. The van der Waals surface area contributed by atoms with Crippen molar-refractivity contribution in [3.8, 4) is 0 Å². The molecule has 7 heteroatoms. The summed E-state index contributed by atoms with van der Waals surface area (Å²) in [5.74, 6) is -0.283. The van der Waals surface area contributed by atoms with Gasteiger partial charge in [0, 0.05) is 17.6 Å². The molecule has 0 saturated carbocycles. The summed E-state index contributed by atoms with van der Waals surface area (Å²) in [5.41, 5.74) is 0.667. The number of nitrogens with zero attached hydrogens (tertiary/aromatic N) is 1. The van der Waals surface area contributed by atoms with Crippen molar-refractivity contribution in [2.45, 2.75) is 6.04 Å². The van der Waals surface area contributed by atoms with Gasteiger partial charge in [0.1, 0.15) is 6.04 Å². The minimum Gasteiger partial charge on any atom is -0.353 e. The zero-order valence-corrected chi connectivity index (χ0v) is 12.2. The van der Waals surface area contributed by atoms with E-state index in [1.54, 1.807) is 24.3 Å². The second kappa shape index (κ2) is 4.99. The average Bonchev–Trinajstić information content (AvgIpc) is 2.29. The molecule has 1 aliphatic rings. The quantitative estimate of drug-likeness (QED) is 0.874. The van der Waals surface area contributed by atoms with Crippen molar-refractivity contribution in [1.82, 2.24) is 9.62 Å². The van der Waals surface area contributed by atoms with Gasteiger partial charge in [-0.2, -0.15) is 4.31 Å². The minimum absolute atomic E-state index is 0.283. The van der Waals surface area contributed by atoms with Gasteiger partial charge in [0.15, 0.2) is 0 Å². The smallest absolute Gasteiger partial charge is 0.243 e. The highest BCUT2D eigenvalue weighted by molar-refractivity contribution is 9.10. The van der Waals surface area contributed by atoms with Crippen molar-refractivity contribution in [2.24, 2.45) is 0 Å². The number of hydrogen-bond donors (Lipinski definition) is 1. The van der Waals surface area contributed by atoms with Gasteiger partial charge in [0.2, 0.25) is 15.9 Å². The van der Waals surface area contributed by atoms with Gasteiger partial charge in [0.05, 0.1) is 6.26 Å². The molecule has 0 aromatic heterocycles. The van der Waals surface area contributed by atoms with E-state index in [1.165, 1.54) is 4.31 Å². The molecule has 18 heavy (non-hydrogen) atoms. The first kappa shape index (κ1) is 13.5. The monoisotopic (exact) mass is 332 g/mol. The highest BCUT2D eigenvalue weighted by Crippen LogP contribution is 2.26. The molecule has 1 saturated heterocycles. The number of nitrogens with one attached hydrogen (secondary N) is 1. The van der Waals surface area contributed by atoms with Crippen molar-refractivity contribution in [3.05, 3.63) is 34.3 Å². The number of piperazine rings is 1. The Morgan fingerprint density at radius 1 is 1.33 bits per heavy atom. The lowest BCUT2D eigenvalue weighted by atomic mass is 10.1. The topological polar surface area (TPSA) is 66.5 Å². The Balaban J connectivity index is 2.42. The fraction of sp³-hybridized carbons (Fsp3) is 0.364. The molecule has 1 heterocycles. The van der Waals surface area contributed by atoms with Crippen molar-refractivity contribution >= 4 is 31.9 Å². The molecule has 0 unspecified atom stereocenters. The van der Waals surface area contributed by atoms with Gasteiger partial charge in [-0.25, -0.2) is 8.42 Å². The van der Waals surface area contributed by atoms with E-state index in [1.807, 2.05) is 0 Å². The van der Waals surface area contributed by atoms with Gasteiger partial charge in [-0.15, -0.1) is 0 Å². The van der Waals surface area contributed by atoms with Gasteiger partial charge in [0.25, 0.3) is 0 Å². The van der Waals surface area contributed by atoms with E-state index in [0.29, 0.717) is 18.7 Å². The van der Waals surface area contributed by atoms with Crippen LogP contribution in [0.5, 0.6) is 0 Å². The highest BCUT2D eigenvalue weighted by Gasteiger charge is 2.36. The molecule has 98 valence electrons. The van der Waals surface area contributed by atoms with E-state index >= 15 is 0 Å². The Morgan fingerprint density at radius 2 is 1.94 bits per heavy atom. The molecular formula is C11H13BrN2O3S. The summed E-state index contributed by atoms with van der Waals surface area (Å²) < 4.78 is 25.6. The molecule has 1 atom stereocenters. The number of carbonyl (C=O) groups is 1. The van der Waals surface area contributed by atoms with Crippen LogP contribution < -0.4 is 5.32 Å². The van der Waals surface area contributed by atoms with E-state index in [2.05, 4.69) is 21.2 Å². The maximum absolute atomic E-state index is 11.9. The Labute approximate surface area is 114 Å². The Kier molecular flexibility index (Phi) is 3.74. The predicted molar refractivity (Wildman–Crippen MR) is 71.4 cm³/mol. The Bertz CT molecular complexity index is 556. The summed E-state index contributed by atoms with van der Waals surface area (Å²) >= 11 is 3.31. The van der Waals surface area contributed by atoms with Crippen molar-refractivity contribution in [3.63, 3.8) is 0 Å². The van der Waals surface area contributed by atoms with E-state index in [9.17, 15) is 13.2 Å². The molecule has 2 rings (SSSR count). The van der Waals surface area contributed by atoms with E-state index in [-0.39, 0.29) is 5.91 Å². The molecule has 0 spiro atoms. The lowest BCUT2D eigenvalue weighted by Gasteiger charge is -2.33. The van der Waals surface area contributed by atoms with Crippen LogP contribution in [0.25, 0.3) is 0 Å². The van der Waals surface area contributed by atoms with Gasteiger partial charge >= 0.3 is 0 Å². The van der Waals surface area contributed by atoms with Crippen LogP contribution in [0.4, 0.5) is 0 Å². The number of benzene rings is 1. The summed E-state index contributed by atoms with van der Waals surface area (Å²) in [5, 5.41) is 2.69. The molecule has 1 aromatic carbocycles. The fourth-order valence-electron chi connectivity index (χ4n) is 1.97. The molecule has 0 aliphatic carbocycles. The summed E-state index contributed by atoms with van der Waals surface area (Å²) in [6.07, 6.45) is 1.12. The van der Waals surface area contributed by atoms with Crippen LogP contribution in [0, 0.1) is 0 Å². The number of rotatable bonds is 2. The Morgan fingerprint density at radius 3 is 2.50 bits per heavy atom. The van der Waals surface area contributed by atoms with Crippen LogP contribution in [0.1, 0.15) is 11.6 Å². The second-order valence-electron chi connectivity index (χ2n) is 4.12. The molecule has 0 bridgehead atoms. The molecule has 1 fully saturated rings. The summed E-state index contributed by atoms with van der Waals surface area (Å²) in [6.45, 7) is 0.643. The lowest BCUT2D eigenvalue weighted by molar-refractivity contribution is -0.126. The number of amides is 1. The maximum Gasteiger partial charge on any atom is 0.243 e. The van der Waals surface area contributed by atoms with Gasteiger partial charge in [-0.05, 0) is 17.7 Å². The summed E-state index contributed by atoms with van der Waals surface area (Å²) in [6, 6.07) is 6.30. The molecule has 1 N–H and O–H groups in total. The van der Waals surface area contributed by atoms with Crippen LogP contribution in [0.3, 0.4) is 0 Å². The summed E-state index contributed by atoms with van der Waals surface area (Å²) in [7, 11) is -3.41. The molecule has 0 radical (unpaired) electrons. The maximum atomic E-state index is 11.9. The third-order valence-electron chi connectivity index (χ3n) is 2.78. The van der Waals surface area contributed by atoms with Crippen LogP contribution in [0.15, 0.2) is 28.7 Å². The molecule has 1 amide bonds. The molecule has 1 aliphatic heterocycles. The first-order valence-electron chi connectivity index (χ1n) is 5.39. The van der Waals surface area contributed by atoms with Crippen LogP contribution in [0.2, 0.25) is 0 Å². The number of hydrogen-bond acceptors (Lipinski definition) is 3. The van der Waals surface area contributed by atoms with E-state index in [4.69, 9.17) is 0 Å². The number of sulfonamides is 1. The van der Waals surface area contributed by atoms with Crippen molar-refractivity contribution < 1.29 is 13.2 Å². The van der Waals surface area contributed by atoms with Gasteiger partial charge in [-0.1, -0.05) is 28.1 Å². The molecule has 5 nitrogen and oxygen atoms in total. The largest absolute Gasteiger partial charge is 0.353 e. The number of carbonyl (C=O) groups excluding carboxylic acids is 1. The van der Waals surface area contributed by atoms with Crippen LogP contribution >= 0.6 is 15.9 Å². The highest BCUT2D eigenvalue weighted by atomic mass is 79.9.